The first-order valence-electron chi connectivity index (χ1n) is 8.02. The highest BCUT2D eigenvalue weighted by Gasteiger charge is 2.38. The first-order valence-corrected chi connectivity index (χ1v) is 8.40. The fourth-order valence-electron chi connectivity index (χ4n) is 3.22. The van der Waals surface area contributed by atoms with Crippen molar-refractivity contribution >= 4 is 35.6 Å². The van der Waals surface area contributed by atoms with Crippen LogP contribution in [0.4, 0.5) is 5.69 Å². The molecule has 134 valence electrons. The maximum absolute atomic E-state index is 12.6. The molecule has 0 heterocycles. The van der Waals surface area contributed by atoms with E-state index in [1.807, 2.05) is 18.2 Å². The topological polar surface area (TPSA) is 64.3 Å². The van der Waals surface area contributed by atoms with Crippen molar-refractivity contribution in [1.82, 2.24) is 5.32 Å². The second-order valence-corrected chi connectivity index (χ2v) is 6.66. The van der Waals surface area contributed by atoms with Gasteiger partial charge < -0.3 is 15.8 Å². The van der Waals surface area contributed by atoms with Crippen LogP contribution in [0.15, 0.2) is 42.5 Å². The molecule has 0 radical (unpaired) electrons. The summed E-state index contributed by atoms with van der Waals surface area (Å²) in [5.41, 5.74) is 7.87. The number of carbonyl (C=O) groups excluding carboxylic acids is 1. The van der Waals surface area contributed by atoms with Gasteiger partial charge in [-0.05, 0) is 24.5 Å². The molecule has 25 heavy (non-hydrogen) atoms. The summed E-state index contributed by atoms with van der Waals surface area (Å²) < 4.78 is 5.26. The molecule has 2 aromatic rings. The van der Waals surface area contributed by atoms with E-state index in [1.54, 1.807) is 12.1 Å². The summed E-state index contributed by atoms with van der Waals surface area (Å²) >= 11 is 6.05. The molecule has 0 bridgehead atoms. The van der Waals surface area contributed by atoms with Crippen molar-refractivity contribution in [1.29, 1.82) is 0 Å². The highest BCUT2D eigenvalue weighted by Crippen LogP contribution is 2.43. The van der Waals surface area contributed by atoms with Crippen LogP contribution in [-0.4, -0.2) is 19.6 Å². The van der Waals surface area contributed by atoms with Crippen LogP contribution in [0, 0.1) is 0 Å². The molecule has 1 amide bonds. The van der Waals surface area contributed by atoms with E-state index in [9.17, 15) is 4.79 Å². The second-order valence-electron chi connectivity index (χ2n) is 6.26. The number of benzene rings is 2. The highest BCUT2D eigenvalue weighted by atomic mass is 35.5. The lowest BCUT2D eigenvalue weighted by Gasteiger charge is -2.42. The van der Waals surface area contributed by atoms with Crippen LogP contribution < -0.4 is 15.8 Å². The van der Waals surface area contributed by atoms with Gasteiger partial charge in [-0.1, -0.05) is 48.4 Å². The van der Waals surface area contributed by atoms with Gasteiger partial charge >= 0.3 is 0 Å². The van der Waals surface area contributed by atoms with Crippen molar-refractivity contribution in [2.45, 2.75) is 24.7 Å². The molecule has 0 aromatic heterocycles. The van der Waals surface area contributed by atoms with E-state index >= 15 is 0 Å². The summed E-state index contributed by atoms with van der Waals surface area (Å²) in [5, 5.41) is 3.39. The Morgan fingerprint density at radius 2 is 1.96 bits per heavy atom. The third kappa shape index (κ3) is 3.86. The van der Waals surface area contributed by atoms with Gasteiger partial charge in [-0.2, -0.15) is 0 Å². The molecule has 4 nitrogen and oxygen atoms in total. The molecule has 2 aromatic carbocycles. The Balaban J connectivity index is 0.00000225. The highest BCUT2D eigenvalue weighted by molar-refractivity contribution is 6.33. The zero-order valence-corrected chi connectivity index (χ0v) is 15.6. The van der Waals surface area contributed by atoms with Gasteiger partial charge in [0.05, 0.1) is 23.4 Å². The smallest absolute Gasteiger partial charge is 0.255 e. The quantitative estimate of drug-likeness (QED) is 0.763. The first kappa shape index (κ1) is 19.4. The number of rotatable bonds is 5. The number of nitrogens with two attached hydrogens (primary N) is 1. The van der Waals surface area contributed by atoms with Crippen molar-refractivity contribution in [2.24, 2.45) is 0 Å². The average Bonchev–Trinajstić information content (AvgIpc) is 2.56. The molecule has 6 heteroatoms. The predicted octanol–water partition coefficient (Wildman–Crippen LogP) is 4.20. The summed E-state index contributed by atoms with van der Waals surface area (Å²) in [4.78, 5) is 12.6. The normalized spacial score (nSPS) is 14.8. The van der Waals surface area contributed by atoms with Crippen molar-refractivity contribution in [3.8, 4) is 5.75 Å². The van der Waals surface area contributed by atoms with Gasteiger partial charge in [0.2, 0.25) is 0 Å². The average molecular weight is 381 g/mol. The molecule has 0 saturated heterocycles. The second kappa shape index (κ2) is 7.98. The Morgan fingerprint density at radius 1 is 1.28 bits per heavy atom. The molecule has 1 aliphatic carbocycles. The van der Waals surface area contributed by atoms with Crippen molar-refractivity contribution < 1.29 is 9.53 Å². The van der Waals surface area contributed by atoms with E-state index in [4.69, 9.17) is 22.1 Å². The van der Waals surface area contributed by atoms with Crippen LogP contribution >= 0.6 is 24.0 Å². The fourth-order valence-corrected chi connectivity index (χ4v) is 3.39. The zero-order valence-electron chi connectivity index (χ0n) is 14.0. The lowest BCUT2D eigenvalue weighted by atomic mass is 9.64. The van der Waals surface area contributed by atoms with Crippen LogP contribution in [0.5, 0.6) is 5.75 Å². The molecular weight excluding hydrogens is 359 g/mol. The van der Waals surface area contributed by atoms with E-state index < -0.39 is 0 Å². The van der Waals surface area contributed by atoms with E-state index in [-0.39, 0.29) is 23.7 Å². The monoisotopic (exact) mass is 380 g/mol. The number of amides is 1. The predicted molar refractivity (Wildman–Crippen MR) is 104 cm³/mol. The van der Waals surface area contributed by atoms with Crippen LogP contribution in [-0.2, 0) is 5.41 Å². The van der Waals surface area contributed by atoms with Crippen molar-refractivity contribution in [3.63, 3.8) is 0 Å². The van der Waals surface area contributed by atoms with Crippen LogP contribution in [0.2, 0.25) is 5.02 Å². The number of nitrogens with one attached hydrogen (secondary N) is 1. The molecule has 1 saturated carbocycles. The van der Waals surface area contributed by atoms with Crippen LogP contribution in [0.3, 0.4) is 0 Å². The Hall–Kier alpha value is -1.91. The summed E-state index contributed by atoms with van der Waals surface area (Å²) in [6, 6.07) is 13.5. The zero-order chi connectivity index (χ0) is 17.2. The minimum Gasteiger partial charge on any atom is -0.496 e. The van der Waals surface area contributed by atoms with Crippen LogP contribution in [0.1, 0.15) is 35.2 Å². The van der Waals surface area contributed by atoms with Gasteiger partial charge in [-0.25, -0.2) is 0 Å². The maximum atomic E-state index is 12.6. The summed E-state index contributed by atoms with van der Waals surface area (Å²) in [6.45, 7) is 0.598. The largest absolute Gasteiger partial charge is 0.496 e. The van der Waals surface area contributed by atoms with Gasteiger partial charge in [0, 0.05) is 18.0 Å². The lowest BCUT2D eigenvalue weighted by molar-refractivity contribution is 0.0925. The molecule has 0 aliphatic heterocycles. The summed E-state index contributed by atoms with van der Waals surface area (Å²) in [5.74, 6) is 0.229. The number of halogens is 2. The van der Waals surface area contributed by atoms with Gasteiger partial charge in [-0.15, -0.1) is 12.4 Å². The SMILES string of the molecule is COc1cc(N)c(Cl)cc1C(=O)NCC1(c2ccccc2)CCC1.Cl. The number of hydrogen-bond acceptors (Lipinski definition) is 3. The number of ether oxygens (including phenoxy) is 1. The Labute approximate surface area is 159 Å². The Bertz CT molecular complexity index is 747. The minimum atomic E-state index is -0.198. The molecule has 0 spiro atoms. The van der Waals surface area contributed by atoms with E-state index in [0.29, 0.717) is 28.6 Å². The number of nitrogen functional groups attached to an aromatic ring is 1. The van der Waals surface area contributed by atoms with Gasteiger partial charge in [0.1, 0.15) is 5.75 Å². The van der Waals surface area contributed by atoms with E-state index in [0.717, 1.165) is 12.8 Å². The maximum Gasteiger partial charge on any atom is 0.255 e. The third-order valence-corrected chi connectivity index (χ3v) is 5.17. The Morgan fingerprint density at radius 3 is 2.52 bits per heavy atom. The number of hydrogen-bond donors (Lipinski definition) is 2. The van der Waals surface area contributed by atoms with Gasteiger partial charge in [0.25, 0.3) is 5.91 Å². The minimum absolute atomic E-state index is 0. The number of anilines is 1. The molecule has 3 N–H and O–H groups in total. The van der Waals surface area contributed by atoms with Crippen molar-refractivity contribution in [2.75, 3.05) is 19.4 Å². The number of carbonyl (C=O) groups is 1. The summed E-state index contributed by atoms with van der Waals surface area (Å²) in [7, 11) is 1.51. The van der Waals surface area contributed by atoms with Gasteiger partial charge in [-0.3, -0.25) is 4.79 Å². The van der Waals surface area contributed by atoms with Gasteiger partial charge in [0.15, 0.2) is 0 Å². The van der Waals surface area contributed by atoms with E-state index in [2.05, 4.69) is 17.4 Å². The Kier molecular flexibility index (Phi) is 6.20. The molecule has 0 unspecified atom stereocenters. The molecule has 1 aliphatic rings. The summed E-state index contributed by atoms with van der Waals surface area (Å²) in [6.07, 6.45) is 3.34. The van der Waals surface area contributed by atoms with E-state index in [1.165, 1.54) is 19.1 Å². The first-order chi connectivity index (χ1) is 11.6. The van der Waals surface area contributed by atoms with Crippen LogP contribution in [0.25, 0.3) is 0 Å². The fraction of sp³-hybridized carbons (Fsp3) is 0.316. The molecule has 3 rings (SSSR count). The number of methoxy groups -OCH3 is 1. The molecular formula is C19H22Cl2N2O2. The van der Waals surface area contributed by atoms with Crippen molar-refractivity contribution in [3.05, 3.63) is 58.6 Å². The molecule has 0 atom stereocenters. The molecule has 1 fully saturated rings. The lowest BCUT2D eigenvalue weighted by Crippen LogP contribution is -2.45. The standard InChI is InChI=1S/C19H21ClN2O2.ClH/c1-24-17-11-16(21)15(20)10-14(17)18(23)22-12-19(8-5-9-19)13-6-3-2-4-7-13;/h2-4,6-7,10-11H,5,8-9,12,21H2,1H3,(H,22,23);1H. The third-order valence-electron chi connectivity index (χ3n) is 4.85.